The van der Waals surface area contributed by atoms with Gasteiger partial charge in [0, 0.05) is 5.56 Å². The van der Waals surface area contributed by atoms with E-state index < -0.39 is 0 Å². The summed E-state index contributed by atoms with van der Waals surface area (Å²) in [5.74, 6) is 0.401. The Balaban J connectivity index is 2.53. The Bertz CT molecular complexity index is 577. The molecule has 7 heteroatoms. The number of rotatable bonds is 3. The molecule has 0 aliphatic carbocycles. The number of benzene rings is 1. The highest BCUT2D eigenvalue weighted by Gasteiger charge is 2.12. The molecule has 0 saturated carbocycles. The van der Waals surface area contributed by atoms with E-state index in [4.69, 9.17) is 33.7 Å². The maximum atomic E-state index is 6.10. The Morgan fingerprint density at radius 1 is 1.22 bits per heavy atom. The van der Waals surface area contributed by atoms with Gasteiger partial charge in [-0.05, 0) is 19.1 Å². The van der Waals surface area contributed by atoms with Crippen LogP contribution in [0.2, 0.25) is 10.0 Å². The van der Waals surface area contributed by atoms with Crippen molar-refractivity contribution in [2.24, 2.45) is 0 Å². The molecule has 1 aromatic carbocycles. The number of halogens is 2. The molecule has 0 radical (unpaired) electrons. The summed E-state index contributed by atoms with van der Waals surface area (Å²) in [4.78, 5) is 12.0. The van der Waals surface area contributed by atoms with E-state index in [2.05, 4.69) is 15.0 Å². The minimum absolute atomic E-state index is 0.0690. The van der Waals surface area contributed by atoms with Gasteiger partial charge in [0.25, 0.3) is 0 Å². The van der Waals surface area contributed by atoms with Gasteiger partial charge in [0.05, 0.1) is 16.7 Å². The molecule has 0 fully saturated rings. The number of hydrogen-bond acceptors (Lipinski definition) is 5. The molecule has 0 atom stereocenters. The first-order valence-corrected chi connectivity index (χ1v) is 5.96. The zero-order valence-electron chi connectivity index (χ0n) is 9.52. The first-order valence-electron chi connectivity index (χ1n) is 5.20. The van der Waals surface area contributed by atoms with Gasteiger partial charge in [0.1, 0.15) is 0 Å². The second-order valence-electron chi connectivity index (χ2n) is 3.33. The number of anilines is 1. The van der Waals surface area contributed by atoms with Crippen molar-refractivity contribution in [2.45, 2.75) is 6.92 Å². The van der Waals surface area contributed by atoms with E-state index in [1.54, 1.807) is 18.2 Å². The second kappa shape index (κ2) is 5.37. The van der Waals surface area contributed by atoms with Crippen LogP contribution in [-0.2, 0) is 0 Å². The minimum atomic E-state index is 0.0690. The van der Waals surface area contributed by atoms with Crippen LogP contribution in [0.5, 0.6) is 6.01 Å². The monoisotopic (exact) mass is 284 g/mol. The van der Waals surface area contributed by atoms with Gasteiger partial charge in [-0.15, -0.1) is 0 Å². The summed E-state index contributed by atoms with van der Waals surface area (Å²) in [6.07, 6.45) is 0. The molecule has 5 nitrogen and oxygen atoms in total. The third-order valence-electron chi connectivity index (χ3n) is 2.10. The summed E-state index contributed by atoms with van der Waals surface area (Å²) in [5, 5.41) is 0.790. The maximum Gasteiger partial charge on any atom is 0.321 e. The Labute approximate surface area is 114 Å². The van der Waals surface area contributed by atoms with E-state index in [0.29, 0.717) is 28.0 Å². The van der Waals surface area contributed by atoms with Crippen LogP contribution in [-0.4, -0.2) is 21.6 Å². The van der Waals surface area contributed by atoms with Crippen LogP contribution < -0.4 is 10.5 Å². The van der Waals surface area contributed by atoms with Crippen LogP contribution in [0.3, 0.4) is 0 Å². The largest absolute Gasteiger partial charge is 0.464 e. The Hall–Kier alpha value is -1.59. The fourth-order valence-corrected chi connectivity index (χ4v) is 1.75. The molecule has 2 rings (SSSR count). The average Bonchev–Trinajstić information content (AvgIpc) is 2.32. The number of nitrogen functional groups attached to an aromatic ring is 1. The smallest absolute Gasteiger partial charge is 0.321 e. The molecule has 94 valence electrons. The Kier molecular flexibility index (Phi) is 3.84. The standard InChI is InChI=1S/C11H10Cl2N4O/c1-2-18-11-16-9(15-10(14)17-11)6-4-3-5-7(12)8(6)13/h3-5H,2H2,1H3,(H2,14,15,16,17). The molecule has 0 bridgehead atoms. The molecular formula is C11H10Cl2N4O. The van der Waals surface area contributed by atoms with Crippen LogP contribution in [0.1, 0.15) is 6.92 Å². The molecular weight excluding hydrogens is 275 g/mol. The van der Waals surface area contributed by atoms with Crippen LogP contribution in [0, 0.1) is 0 Å². The topological polar surface area (TPSA) is 73.9 Å². The lowest BCUT2D eigenvalue weighted by Crippen LogP contribution is -2.04. The summed E-state index contributed by atoms with van der Waals surface area (Å²) in [5.41, 5.74) is 6.18. The average molecular weight is 285 g/mol. The molecule has 1 aromatic heterocycles. The van der Waals surface area contributed by atoms with Gasteiger partial charge in [0.2, 0.25) is 5.95 Å². The number of hydrogen-bond donors (Lipinski definition) is 1. The molecule has 0 spiro atoms. The highest BCUT2D eigenvalue weighted by atomic mass is 35.5. The van der Waals surface area contributed by atoms with Gasteiger partial charge < -0.3 is 10.5 Å². The predicted octanol–water partition coefficient (Wildman–Crippen LogP) is 2.83. The highest BCUT2D eigenvalue weighted by Crippen LogP contribution is 2.32. The lowest BCUT2D eigenvalue weighted by molar-refractivity contribution is 0.312. The normalized spacial score (nSPS) is 10.4. The number of nitrogens with zero attached hydrogens (tertiary/aromatic N) is 3. The first kappa shape index (κ1) is 12.9. The summed E-state index contributed by atoms with van der Waals surface area (Å²) in [6, 6.07) is 5.35. The molecule has 0 unspecified atom stereocenters. The molecule has 0 aliphatic rings. The summed E-state index contributed by atoms with van der Waals surface area (Å²) >= 11 is 12.0. The minimum Gasteiger partial charge on any atom is -0.464 e. The van der Waals surface area contributed by atoms with E-state index in [1.807, 2.05) is 6.92 Å². The Morgan fingerprint density at radius 2 is 2.00 bits per heavy atom. The van der Waals surface area contributed by atoms with Crippen LogP contribution in [0.25, 0.3) is 11.4 Å². The molecule has 2 N–H and O–H groups in total. The van der Waals surface area contributed by atoms with Gasteiger partial charge in [-0.2, -0.15) is 15.0 Å². The van der Waals surface area contributed by atoms with Crippen molar-refractivity contribution in [3.63, 3.8) is 0 Å². The lowest BCUT2D eigenvalue weighted by Gasteiger charge is -2.07. The Morgan fingerprint density at radius 3 is 2.72 bits per heavy atom. The highest BCUT2D eigenvalue weighted by molar-refractivity contribution is 6.43. The SMILES string of the molecule is CCOc1nc(N)nc(-c2cccc(Cl)c2Cl)n1. The van der Waals surface area contributed by atoms with Crippen LogP contribution in [0.15, 0.2) is 18.2 Å². The molecule has 0 amide bonds. The van der Waals surface area contributed by atoms with Crippen LogP contribution >= 0.6 is 23.2 Å². The van der Waals surface area contributed by atoms with E-state index in [0.717, 1.165) is 0 Å². The summed E-state index contributed by atoms with van der Waals surface area (Å²) < 4.78 is 5.20. The van der Waals surface area contributed by atoms with Crippen molar-refractivity contribution in [1.82, 2.24) is 15.0 Å². The third-order valence-corrected chi connectivity index (χ3v) is 2.92. The first-order chi connectivity index (χ1) is 8.61. The van der Waals surface area contributed by atoms with Gasteiger partial charge in [-0.1, -0.05) is 29.3 Å². The van der Waals surface area contributed by atoms with Crippen molar-refractivity contribution in [2.75, 3.05) is 12.3 Å². The van der Waals surface area contributed by atoms with Crippen molar-refractivity contribution >= 4 is 29.2 Å². The number of nitrogens with two attached hydrogens (primary N) is 1. The molecule has 1 heterocycles. The van der Waals surface area contributed by atoms with Crippen molar-refractivity contribution < 1.29 is 4.74 Å². The quantitative estimate of drug-likeness (QED) is 0.938. The fourth-order valence-electron chi connectivity index (χ4n) is 1.36. The second-order valence-corrected chi connectivity index (χ2v) is 4.12. The number of aromatic nitrogens is 3. The van der Waals surface area contributed by atoms with E-state index >= 15 is 0 Å². The lowest BCUT2D eigenvalue weighted by atomic mass is 10.2. The predicted molar refractivity (Wildman–Crippen MR) is 70.9 cm³/mol. The zero-order chi connectivity index (χ0) is 13.1. The fraction of sp³-hybridized carbons (Fsp3) is 0.182. The summed E-state index contributed by atoms with van der Waals surface area (Å²) in [7, 11) is 0. The van der Waals surface area contributed by atoms with E-state index in [-0.39, 0.29) is 12.0 Å². The van der Waals surface area contributed by atoms with Gasteiger partial charge in [-0.25, -0.2) is 0 Å². The van der Waals surface area contributed by atoms with E-state index in [9.17, 15) is 0 Å². The molecule has 18 heavy (non-hydrogen) atoms. The molecule has 0 saturated heterocycles. The van der Waals surface area contributed by atoms with Crippen molar-refractivity contribution in [3.05, 3.63) is 28.2 Å². The van der Waals surface area contributed by atoms with Gasteiger partial charge in [0.15, 0.2) is 5.82 Å². The van der Waals surface area contributed by atoms with E-state index in [1.165, 1.54) is 0 Å². The van der Waals surface area contributed by atoms with Gasteiger partial charge >= 0.3 is 6.01 Å². The molecule has 0 aliphatic heterocycles. The summed E-state index contributed by atoms with van der Waals surface area (Å²) in [6.45, 7) is 2.26. The van der Waals surface area contributed by atoms with Crippen LogP contribution in [0.4, 0.5) is 5.95 Å². The van der Waals surface area contributed by atoms with Crippen molar-refractivity contribution in [3.8, 4) is 17.4 Å². The van der Waals surface area contributed by atoms with Gasteiger partial charge in [-0.3, -0.25) is 0 Å². The third kappa shape index (κ3) is 2.63. The molecule has 2 aromatic rings. The van der Waals surface area contributed by atoms with Crippen molar-refractivity contribution in [1.29, 1.82) is 0 Å². The number of ether oxygens (including phenoxy) is 1. The maximum absolute atomic E-state index is 6.10. The zero-order valence-corrected chi connectivity index (χ0v) is 11.0.